The number of fused-ring (bicyclic) bond motifs is 1. The number of rotatable bonds is 5. The van der Waals surface area contributed by atoms with E-state index in [4.69, 9.17) is 4.74 Å². The predicted molar refractivity (Wildman–Crippen MR) is 131 cm³/mol. The van der Waals surface area contributed by atoms with E-state index in [1.807, 2.05) is 18.2 Å². The second-order valence-corrected chi connectivity index (χ2v) is 8.61. The molecule has 0 saturated carbocycles. The molecular formula is C24H31Cl2F2N3O3. The normalized spacial score (nSPS) is 22.3. The molecule has 34 heavy (non-hydrogen) atoms. The molecule has 10 heteroatoms. The van der Waals surface area contributed by atoms with E-state index >= 15 is 0 Å². The summed E-state index contributed by atoms with van der Waals surface area (Å²) in [5.41, 5.74) is 3.28. The first-order valence-electron chi connectivity index (χ1n) is 11.0. The van der Waals surface area contributed by atoms with Crippen molar-refractivity contribution < 1.29 is 23.8 Å². The summed E-state index contributed by atoms with van der Waals surface area (Å²) >= 11 is 0. The number of carbonyl (C=O) groups excluding carboxylic acids is 1. The van der Waals surface area contributed by atoms with Crippen molar-refractivity contribution >= 4 is 30.9 Å². The number of amides is 1. The molecule has 1 amide bonds. The zero-order chi connectivity index (χ0) is 21.4. The van der Waals surface area contributed by atoms with Crippen LogP contribution in [0.3, 0.4) is 0 Å². The minimum atomic E-state index is -0.240. The minimum absolute atomic E-state index is 0. The Hall–Kier alpha value is -1.97. The average Bonchev–Trinajstić information content (AvgIpc) is 3.36. The quantitative estimate of drug-likeness (QED) is 0.607. The Bertz CT molecular complexity index is 959. The summed E-state index contributed by atoms with van der Waals surface area (Å²) in [4.78, 5) is 18.2. The molecule has 6 nitrogen and oxygen atoms in total. The summed E-state index contributed by atoms with van der Waals surface area (Å²) in [6, 6.07) is 11.9. The first kappa shape index (κ1) is 28.3. The molecule has 2 aromatic rings. The molecular weight excluding hydrogens is 487 g/mol. The SMILES string of the molecule is Cl.Cl.O.O=C1OCCN1CCN1CCN(C2CC(c3ccc(F)cc3)c3ccc(F)cc32)CC1. The van der Waals surface area contributed by atoms with Crippen molar-refractivity contribution in [1.29, 1.82) is 0 Å². The topological polar surface area (TPSA) is 67.5 Å². The van der Waals surface area contributed by atoms with E-state index in [2.05, 4.69) is 9.80 Å². The smallest absolute Gasteiger partial charge is 0.409 e. The third-order valence-electron chi connectivity index (χ3n) is 6.89. The van der Waals surface area contributed by atoms with Gasteiger partial charge in [-0.15, -0.1) is 24.8 Å². The van der Waals surface area contributed by atoms with Gasteiger partial charge in [0.2, 0.25) is 0 Å². The number of hydrogen-bond acceptors (Lipinski definition) is 4. The monoisotopic (exact) mass is 517 g/mol. The zero-order valence-electron chi connectivity index (χ0n) is 18.8. The van der Waals surface area contributed by atoms with E-state index in [1.165, 1.54) is 18.2 Å². The zero-order valence-corrected chi connectivity index (χ0v) is 20.4. The van der Waals surface area contributed by atoms with Crippen molar-refractivity contribution in [1.82, 2.24) is 14.7 Å². The molecule has 0 spiro atoms. The molecule has 0 aromatic heterocycles. The van der Waals surface area contributed by atoms with Gasteiger partial charge in [-0.25, -0.2) is 13.6 Å². The molecule has 2 unspecified atom stereocenters. The summed E-state index contributed by atoms with van der Waals surface area (Å²) < 4.78 is 32.5. The Balaban J connectivity index is 0.00000136. The van der Waals surface area contributed by atoms with Crippen LogP contribution in [-0.2, 0) is 4.74 Å². The Kier molecular flexibility index (Phi) is 10.1. The van der Waals surface area contributed by atoms with Crippen molar-refractivity contribution in [2.75, 3.05) is 52.4 Å². The van der Waals surface area contributed by atoms with Crippen LogP contribution in [0.15, 0.2) is 42.5 Å². The second-order valence-electron chi connectivity index (χ2n) is 8.61. The average molecular weight is 518 g/mol. The van der Waals surface area contributed by atoms with Crippen LogP contribution in [-0.4, -0.2) is 78.7 Å². The molecule has 2 heterocycles. The number of hydrogen-bond donors (Lipinski definition) is 0. The number of carbonyl (C=O) groups is 1. The van der Waals surface area contributed by atoms with Crippen LogP contribution in [0.4, 0.5) is 13.6 Å². The molecule has 3 aliphatic rings. The van der Waals surface area contributed by atoms with Gasteiger partial charge < -0.3 is 15.1 Å². The van der Waals surface area contributed by atoms with Crippen molar-refractivity contribution in [3.05, 3.63) is 70.8 Å². The predicted octanol–water partition coefficient (Wildman–Crippen LogP) is 3.63. The van der Waals surface area contributed by atoms with Crippen LogP contribution in [0.25, 0.3) is 0 Å². The maximum atomic E-state index is 14.1. The maximum Gasteiger partial charge on any atom is 0.409 e. The van der Waals surface area contributed by atoms with Crippen LogP contribution in [0.5, 0.6) is 0 Å². The fourth-order valence-electron chi connectivity index (χ4n) is 5.17. The Morgan fingerprint density at radius 1 is 0.853 bits per heavy atom. The summed E-state index contributed by atoms with van der Waals surface area (Å²) in [6.45, 7) is 6.35. The van der Waals surface area contributed by atoms with Crippen LogP contribution in [0.1, 0.15) is 35.1 Å². The van der Waals surface area contributed by atoms with Crippen molar-refractivity contribution in [3.63, 3.8) is 0 Å². The number of halogens is 4. The number of piperazine rings is 1. The van der Waals surface area contributed by atoms with Crippen LogP contribution >= 0.6 is 24.8 Å². The molecule has 5 rings (SSSR count). The van der Waals surface area contributed by atoms with Gasteiger partial charge in [0.1, 0.15) is 18.2 Å². The summed E-state index contributed by atoms with van der Waals surface area (Å²) in [5, 5.41) is 0. The van der Waals surface area contributed by atoms with Crippen molar-refractivity contribution in [2.45, 2.75) is 18.4 Å². The van der Waals surface area contributed by atoms with Gasteiger partial charge in [0.15, 0.2) is 0 Å². The fraction of sp³-hybridized carbons (Fsp3) is 0.458. The number of benzene rings is 2. The van der Waals surface area contributed by atoms with Crippen molar-refractivity contribution in [2.24, 2.45) is 0 Å². The summed E-state index contributed by atoms with van der Waals surface area (Å²) in [5.74, 6) is -0.295. The summed E-state index contributed by atoms with van der Waals surface area (Å²) in [7, 11) is 0. The van der Waals surface area contributed by atoms with Crippen LogP contribution in [0.2, 0.25) is 0 Å². The third kappa shape index (κ3) is 5.80. The molecule has 2 aliphatic heterocycles. The van der Waals surface area contributed by atoms with Crippen LogP contribution < -0.4 is 0 Å². The van der Waals surface area contributed by atoms with Gasteiger partial charge in [0.05, 0.1) is 6.54 Å². The van der Waals surface area contributed by atoms with E-state index in [9.17, 15) is 13.6 Å². The Morgan fingerprint density at radius 2 is 1.53 bits per heavy atom. The molecule has 2 saturated heterocycles. The number of ether oxygens (including phenoxy) is 1. The second kappa shape index (κ2) is 12.1. The minimum Gasteiger partial charge on any atom is -0.448 e. The molecule has 0 radical (unpaired) electrons. The molecule has 0 bridgehead atoms. The van der Waals surface area contributed by atoms with E-state index in [-0.39, 0.29) is 60.0 Å². The summed E-state index contributed by atoms with van der Waals surface area (Å²) in [6.07, 6.45) is 0.666. The highest BCUT2D eigenvalue weighted by atomic mass is 35.5. The fourth-order valence-corrected chi connectivity index (χ4v) is 5.17. The van der Waals surface area contributed by atoms with E-state index in [0.29, 0.717) is 19.7 Å². The Morgan fingerprint density at radius 3 is 2.18 bits per heavy atom. The largest absolute Gasteiger partial charge is 0.448 e. The van der Waals surface area contributed by atoms with Gasteiger partial charge in [-0.2, -0.15) is 0 Å². The van der Waals surface area contributed by atoms with Gasteiger partial charge in [0.25, 0.3) is 0 Å². The molecule has 2 N–H and O–H groups in total. The van der Waals surface area contributed by atoms with Gasteiger partial charge in [-0.1, -0.05) is 18.2 Å². The highest BCUT2D eigenvalue weighted by Crippen LogP contribution is 2.47. The lowest BCUT2D eigenvalue weighted by Crippen LogP contribution is -2.49. The lowest BCUT2D eigenvalue weighted by molar-refractivity contribution is 0.0892. The number of cyclic esters (lactones) is 1. The van der Waals surface area contributed by atoms with Gasteiger partial charge in [-0.3, -0.25) is 9.80 Å². The van der Waals surface area contributed by atoms with Crippen LogP contribution in [0, 0.1) is 11.6 Å². The first-order chi connectivity index (χ1) is 15.1. The van der Waals surface area contributed by atoms with E-state index in [0.717, 1.165) is 55.8 Å². The molecule has 2 aromatic carbocycles. The first-order valence-corrected chi connectivity index (χ1v) is 11.0. The molecule has 1 aliphatic carbocycles. The highest BCUT2D eigenvalue weighted by molar-refractivity contribution is 5.85. The standard InChI is InChI=1S/C24H27F2N3O2.2ClH.H2O/c25-18-3-1-17(2-4-18)21-16-23(22-15-19(26)5-6-20(21)22)28-10-7-27(8-11-28)9-12-29-13-14-31-24(29)30;;;/h1-6,15,21,23H,7-14,16H2;2*1H;1H2. The van der Waals surface area contributed by atoms with Gasteiger partial charge in [0, 0.05) is 51.2 Å². The molecule has 188 valence electrons. The van der Waals surface area contributed by atoms with Gasteiger partial charge >= 0.3 is 6.09 Å². The highest BCUT2D eigenvalue weighted by Gasteiger charge is 2.37. The lowest BCUT2D eigenvalue weighted by Gasteiger charge is -2.38. The maximum absolute atomic E-state index is 14.1. The van der Waals surface area contributed by atoms with Gasteiger partial charge in [-0.05, 0) is 47.4 Å². The van der Waals surface area contributed by atoms with E-state index in [1.54, 1.807) is 11.0 Å². The lowest BCUT2D eigenvalue weighted by atomic mass is 9.93. The number of nitrogens with zero attached hydrogens (tertiary/aromatic N) is 3. The Labute approximate surface area is 211 Å². The van der Waals surface area contributed by atoms with Crippen molar-refractivity contribution in [3.8, 4) is 0 Å². The third-order valence-corrected chi connectivity index (χ3v) is 6.89. The molecule has 2 fully saturated rings. The molecule has 2 atom stereocenters. The van der Waals surface area contributed by atoms with E-state index < -0.39 is 0 Å².